The van der Waals surface area contributed by atoms with Crippen molar-refractivity contribution in [1.82, 2.24) is 4.31 Å². The predicted octanol–water partition coefficient (Wildman–Crippen LogP) is 2.78. The van der Waals surface area contributed by atoms with E-state index in [1.807, 2.05) is 30.3 Å². The number of nitrogens with one attached hydrogen (secondary N) is 1. The summed E-state index contributed by atoms with van der Waals surface area (Å²) in [5.41, 5.74) is 1.59. The first-order valence-corrected chi connectivity index (χ1v) is 9.62. The van der Waals surface area contributed by atoms with Crippen molar-refractivity contribution >= 4 is 33.2 Å². The SMILES string of the molecule is CS(=O)(=O)N(CCc1ccccc1)CC(=O)Nc1ccc(Cl)cc1. The molecule has 0 saturated carbocycles. The van der Waals surface area contributed by atoms with Gasteiger partial charge < -0.3 is 5.32 Å². The Labute approximate surface area is 147 Å². The van der Waals surface area contributed by atoms with Gasteiger partial charge in [0.1, 0.15) is 0 Å². The van der Waals surface area contributed by atoms with E-state index in [0.717, 1.165) is 11.8 Å². The number of rotatable bonds is 7. The van der Waals surface area contributed by atoms with Crippen molar-refractivity contribution in [2.75, 3.05) is 24.7 Å². The highest BCUT2D eigenvalue weighted by Crippen LogP contribution is 2.13. The molecule has 0 aliphatic carbocycles. The van der Waals surface area contributed by atoms with Gasteiger partial charge in [-0.25, -0.2) is 8.42 Å². The largest absolute Gasteiger partial charge is 0.325 e. The van der Waals surface area contributed by atoms with E-state index in [2.05, 4.69) is 5.32 Å². The lowest BCUT2D eigenvalue weighted by atomic mass is 10.1. The van der Waals surface area contributed by atoms with E-state index in [1.165, 1.54) is 4.31 Å². The monoisotopic (exact) mass is 366 g/mol. The molecule has 0 atom stereocenters. The molecule has 0 spiro atoms. The maximum Gasteiger partial charge on any atom is 0.239 e. The van der Waals surface area contributed by atoms with E-state index in [4.69, 9.17) is 11.6 Å². The van der Waals surface area contributed by atoms with Crippen molar-refractivity contribution in [2.45, 2.75) is 6.42 Å². The summed E-state index contributed by atoms with van der Waals surface area (Å²) in [7, 11) is -3.48. The molecule has 2 rings (SSSR count). The van der Waals surface area contributed by atoms with Crippen LogP contribution in [0.15, 0.2) is 54.6 Å². The van der Waals surface area contributed by atoms with Crippen LogP contribution in [0.1, 0.15) is 5.56 Å². The summed E-state index contributed by atoms with van der Waals surface area (Å²) in [6.45, 7) is 0.0190. The summed E-state index contributed by atoms with van der Waals surface area (Å²) >= 11 is 5.79. The van der Waals surface area contributed by atoms with Gasteiger partial charge in [0.2, 0.25) is 15.9 Å². The Balaban J connectivity index is 1.98. The van der Waals surface area contributed by atoms with E-state index < -0.39 is 15.9 Å². The summed E-state index contributed by atoms with van der Waals surface area (Å²) in [4.78, 5) is 12.1. The number of hydrogen-bond donors (Lipinski definition) is 1. The Bertz CT molecular complexity index is 777. The van der Waals surface area contributed by atoms with Gasteiger partial charge in [0.25, 0.3) is 0 Å². The molecule has 0 fully saturated rings. The van der Waals surface area contributed by atoms with Crippen LogP contribution in [0.2, 0.25) is 5.02 Å². The first-order chi connectivity index (χ1) is 11.3. The molecule has 24 heavy (non-hydrogen) atoms. The Morgan fingerprint density at radius 3 is 2.29 bits per heavy atom. The second kappa shape index (κ2) is 8.28. The average molecular weight is 367 g/mol. The summed E-state index contributed by atoms with van der Waals surface area (Å²) in [5.74, 6) is -0.393. The second-order valence-electron chi connectivity index (χ2n) is 5.39. The second-order valence-corrected chi connectivity index (χ2v) is 7.81. The molecule has 0 unspecified atom stereocenters. The molecule has 128 valence electrons. The molecular weight excluding hydrogens is 348 g/mol. The molecule has 2 aromatic rings. The third-order valence-electron chi connectivity index (χ3n) is 3.41. The van der Waals surface area contributed by atoms with Crippen LogP contribution in [0.25, 0.3) is 0 Å². The van der Waals surface area contributed by atoms with Gasteiger partial charge in [-0.05, 0) is 36.2 Å². The molecule has 0 aliphatic heterocycles. The first kappa shape index (κ1) is 18.4. The highest BCUT2D eigenvalue weighted by Gasteiger charge is 2.20. The third kappa shape index (κ3) is 5.96. The molecule has 2 aromatic carbocycles. The molecule has 7 heteroatoms. The Morgan fingerprint density at radius 1 is 1.08 bits per heavy atom. The number of sulfonamides is 1. The molecular formula is C17H19ClN2O3S. The van der Waals surface area contributed by atoms with Crippen LogP contribution >= 0.6 is 11.6 Å². The average Bonchev–Trinajstić information content (AvgIpc) is 2.53. The van der Waals surface area contributed by atoms with Crippen LogP contribution in [0.3, 0.4) is 0 Å². The summed E-state index contributed by atoms with van der Waals surface area (Å²) in [5, 5.41) is 3.23. The highest BCUT2D eigenvalue weighted by molar-refractivity contribution is 7.88. The Hall–Kier alpha value is -1.89. The third-order valence-corrected chi connectivity index (χ3v) is 4.91. The standard InChI is InChI=1S/C17H19ClN2O3S/c1-24(22,23)20(12-11-14-5-3-2-4-6-14)13-17(21)19-16-9-7-15(18)8-10-16/h2-10H,11-13H2,1H3,(H,19,21). The number of halogens is 1. The van der Waals surface area contributed by atoms with E-state index in [-0.39, 0.29) is 13.1 Å². The molecule has 0 aliphatic rings. The maximum absolute atomic E-state index is 12.1. The lowest BCUT2D eigenvalue weighted by Gasteiger charge is -2.19. The number of carbonyl (C=O) groups is 1. The maximum atomic E-state index is 12.1. The smallest absolute Gasteiger partial charge is 0.239 e. The molecule has 5 nitrogen and oxygen atoms in total. The fraction of sp³-hybridized carbons (Fsp3) is 0.235. The van der Waals surface area contributed by atoms with Crippen LogP contribution < -0.4 is 5.32 Å². The van der Waals surface area contributed by atoms with Gasteiger partial charge >= 0.3 is 0 Å². The molecule has 0 radical (unpaired) electrons. The van der Waals surface area contributed by atoms with Gasteiger partial charge in [0.15, 0.2) is 0 Å². The zero-order chi connectivity index (χ0) is 17.6. The quantitative estimate of drug-likeness (QED) is 0.819. The van der Waals surface area contributed by atoms with Crippen molar-refractivity contribution in [3.63, 3.8) is 0 Å². The van der Waals surface area contributed by atoms with Crippen molar-refractivity contribution in [3.05, 3.63) is 65.2 Å². The minimum Gasteiger partial charge on any atom is -0.325 e. The number of hydrogen-bond acceptors (Lipinski definition) is 3. The van der Waals surface area contributed by atoms with Crippen molar-refractivity contribution in [3.8, 4) is 0 Å². The fourth-order valence-corrected chi connectivity index (χ4v) is 3.06. The van der Waals surface area contributed by atoms with Crippen molar-refractivity contribution < 1.29 is 13.2 Å². The topological polar surface area (TPSA) is 66.5 Å². The summed E-state index contributed by atoms with van der Waals surface area (Å²) < 4.78 is 25.0. The van der Waals surface area contributed by atoms with Gasteiger partial charge in [-0.1, -0.05) is 41.9 Å². The molecule has 0 heterocycles. The molecule has 0 bridgehead atoms. The van der Waals surface area contributed by atoms with Crippen LogP contribution in [-0.2, 0) is 21.2 Å². The van der Waals surface area contributed by atoms with Crippen molar-refractivity contribution in [2.24, 2.45) is 0 Å². The summed E-state index contributed by atoms with van der Waals surface area (Å²) in [6, 6.07) is 16.2. The van der Waals surface area contributed by atoms with Gasteiger partial charge in [0.05, 0.1) is 12.8 Å². The normalized spacial score (nSPS) is 11.5. The number of carbonyl (C=O) groups excluding carboxylic acids is 1. The lowest BCUT2D eigenvalue weighted by Crippen LogP contribution is -2.38. The van der Waals surface area contributed by atoms with Crippen LogP contribution in [0.4, 0.5) is 5.69 Å². The molecule has 0 aromatic heterocycles. The van der Waals surface area contributed by atoms with Gasteiger partial charge in [-0.2, -0.15) is 4.31 Å². The molecule has 0 saturated heterocycles. The number of amides is 1. The number of benzene rings is 2. The van der Waals surface area contributed by atoms with Gasteiger partial charge in [-0.3, -0.25) is 4.79 Å². The zero-order valence-corrected chi connectivity index (χ0v) is 14.8. The lowest BCUT2D eigenvalue weighted by molar-refractivity contribution is -0.116. The van der Waals surface area contributed by atoms with E-state index >= 15 is 0 Å². The summed E-state index contributed by atoms with van der Waals surface area (Å²) in [6.07, 6.45) is 1.65. The highest BCUT2D eigenvalue weighted by atomic mass is 35.5. The molecule has 1 amide bonds. The van der Waals surface area contributed by atoms with Crippen LogP contribution in [0, 0.1) is 0 Å². The number of nitrogens with zero attached hydrogens (tertiary/aromatic N) is 1. The van der Waals surface area contributed by atoms with Crippen LogP contribution in [0.5, 0.6) is 0 Å². The van der Waals surface area contributed by atoms with E-state index in [1.54, 1.807) is 24.3 Å². The fourth-order valence-electron chi connectivity index (χ4n) is 2.15. The minimum absolute atomic E-state index is 0.228. The van der Waals surface area contributed by atoms with Gasteiger partial charge in [0, 0.05) is 17.3 Å². The Kier molecular flexibility index (Phi) is 6.36. The Morgan fingerprint density at radius 2 is 1.71 bits per heavy atom. The van der Waals surface area contributed by atoms with E-state index in [9.17, 15) is 13.2 Å². The zero-order valence-electron chi connectivity index (χ0n) is 13.3. The minimum atomic E-state index is -3.48. The van der Waals surface area contributed by atoms with Crippen LogP contribution in [-0.4, -0.2) is 38.0 Å². The predicted molar refractivity (Wildman–Crippen MR) is 96.6 cm³/mol. The van der Waals surface area contributed by atoms with Gasteiger partial charge in [-0.15, -0.1) is 0 Å². The first-order valence-electron chi connectivity index (χ1n) is 7.39. The molecule has 1 N–H and O–H groups in total. The van der Waals surface area contributed by atoms with Crippen molar-refractivity contribution in [1.29, 1.82) is 0 Å². The number of anilines is 1. The van der Waals surface area contributed by atoms with E-state index in [0.29, 0.717) is 17.1 Å².